The van der Waals surface area contributed by atoms with Crippen LogP contribution in [0.15, 0.2) is 30.3 Å². The number of alkyl halides is 1. The van der Waals surface area contributed by atoms with Crippen molar-refractivity contribution >= 4 is 41.5 Å². The third-order valence-corrected chi connectivity index (χ3v) is 8.01. The largest absolute Gasteiger partial charge is 0.462 e. The van der Waals surface area contributed by atoms with Crippen molar-refractivity contribution in [3.63, 3.8) is 0 Å². The molecule has 2 fully saturated rings. The van der Waals surface area contributed by atoms with Crippen LogP contribution in [0, 0.1) is 16.2 Å². The highest BCUT2D eigenvalue weighted by Crippen LogP contribution is 2.39. The number of halogens is 1. The van der Waals surface area contributed by atoms with Crippen LogP contribution in [0.2, 0.25) is 0 Å². The van der Waals surface area contributed by atoms with Crippen molar-refractivity contribution in [3.8, 4) is 0 Å². The van der Waals surface area contributed by atoms with Crippen LogP contribution in [0.1, 0.15) is 87.1 Å². The van der Waals surface area contributed by atoms with E-state index in [1.165, 1.54) is 0 Å². The van der Waals surface area contributed by atoms with Gasteiger partial charge in [-0.3, -0.25) is 19.2 Å². The summed E-state index contributed by atoms with van der Waals surface area (Å²) < 4.78 is 29.0. The Hall–Kier alpha value is -3.18. The zero-order valence-electron chi connectivity index (χ0n) is 27.8. The summed E-state index contributed by atoms with van der Waals surface area (Å²) in [6.45, 7) is 16.3. The average molecular weight is 652 g/mol. The smallest absolute Gasteiger partial charge is 0.419 e. The predicted molar refractivity (Wildman–Crippen MR) is 164 cm³/mol. The van der Waals surface area contributed by atoms with Gasteiger partial charge in [0.05, 0.1) is 16.2 Å². The van der Waals surface area contributed by atoms with Crippen LogP contribution in [0.3, 0.4) is 0 Å². The maximum absolute atomic E-state index is 14.0. The van der Waals surface area contributed by atoms with E-state index in [1.807, 2.05) is 37.3 Å². The molecule has 11 nitrogen and oxygen atoms in total. The van der Waals surface area contributed by atoms with Crippen LogP contribution in [-0.4, -0.2) is 77.4 Å². The minimum absolute atomic E-state index is 0.416. The molecule has 2 aliphatic rings. The van der Waals surface area contributed by atoms with Crippen molar-refractivity contribution in [1.82, 2.24) is 4.90 Å². The van der Waals surface area contributed by atoms with Gasteiger partial charge in [0.2, 0.25) is 6.29 Å². The van der Waals surface area contributed by atoms with Gasteiger partial charge in [-0.2, -0.15) is 0 Å². The van der Waals surface area contributed by atoms with Gasteiger partial charge in [-0.25, -0.2) is 9.69 Å². The number of carbonyl (C=O) groups excluding carboxylic acids is 5. The Morgan fingerprint density at radius 1 is 0.844 bits per heavy atom. The minimum Gasteiger partial charge on any atom is -0.462 e. The second kappa shape index (κ2) is 13.7. The maximum Gasteiger partial charge on any atom is 0.419 e. The molecule has 250 valence electrons. The molecule has 1 aromatic rings. The zero-order chi connectivity index (χ0) is 34.1. The first-order valence-corrected chi connectivity index (χ1v) is 15.6. The monoisotopic (exact) mass is 651 g/mol. The Balaban J connectivity index is 2.08. The molecule has 2 amide bonds. The van der Waals surface area contributed by atoms with Crippen molar-refractivity contribution in [1.29, 1.82) is 0 Å². The van der Waals surface area contributed by atoms with Crippen molar-refractivity contribution in [2.45, 2.75) is 118 Å². The van der Waals surface area contributed by atoms with Crippen molar-refractivity contribution in [2.75, 3.05) is 6.61 Å². The van der Waals surface area contributed by atoms with E-state index in [0.717, 1.165) is 10.5 Å². The molecule has 0 saturated carbocycles. The van der Waals surface area contributed by atoms with Crippen molar-refractivity contribution < 1.29 is 47.7 Å². The number of ether oxygens (including phenoxy) is 5. The molecule has 0 spiro atoms. The third kappa shape index (κ3) is 8.35. The van der Waals surface area contributed by atoms with Crippen LogP contribution in [0.25, 0.3) is 0 Å². The minimum atomic E-state index is -1.45. The lowest BCUT2D eigenvalue weighted by Crippen LogP contribution is -2.65. The van der Waals surface area contributed by atoms with Crippen molar-refractivity contribution in [2.24, 2.45) is 16.2 Å². The Bertz CT molecular complexity index is 1260. The maximum atomic E-state index is 14.0. The molecule has 45 heavy (non-hydrogen) atoms. The summed E-state index contributed by atoms with van der Waals surface area (Å²) in [5, 5.41) is -1.20. The summed E-state index contributed by atoms with van der Waals surface area (Å²) in [4.78, 5) is 67.4. The number of amides is 2. The number of esters is 3. The molecule has 2 saturated heterocycles. The number of imide groups is 1. The van der Waals surface area contributed by atoms with Crippen LogP contribution in [0.4, 0.5) is 4.79 Å². The molecule has 0 N–H and O–H groups in total. The summed E-state index contributed by atoms with van der Waals surface area (Å²) in [5.74, 6) is -3.18. The van der Waals surface area contributed by atoms with E-state index in [1.54, 1.807) is 62.3 Å². The fourth-order valence-corrected chi connectivity index (χ4v) is 5.21. The topological polar surface area (TPSA) is 135 Å². The Kier molecular flexibility index (Phi) is 11.0. The quantitative estimate of drug-likeness (QED) is 0.205. The molecule has 2 heterocycles. The lowest BCUT2D eigenvalue weighted by Gasteiger charge is -2.44. The Morgan fingerprint density at radius 2 is 1.36 bits per heavy atom. The van der Waals surface area contributed by atoms with E-state index in [0.29, 0.717) is 6.42 Å². The lowest BCUT2D eigenvalue weighted by molar-refractivity contribution is -0.259. The van der Waals surface area contributed by atoms with Gasteiger partial charge in [0, 0.05) is 5.92 Å². The molecule has 3 rings (SSSR count). The molecule has 1 aromatic carbocycles. The van der Waals surface area contributed by atoms with E-state index in [2.05, 4.69) is 0 Å². The summed E-state index contributed by atoms with van der Waals surface area (Å²) in [6.07, 6.45) is -6.09. The second-order valence-electron chi connectivity index (χ2n) is 14.5. The highest BCUT2D eigenvalue weighted by molar-refractivity contribution is 6.32. The molecular weight excluding hydrogens is 606 g/mol. The van der Waals surface area contributed by atoms with Gasteiger partial charge in [0.25, 0.3) is 5.91 Å². The SMILES string of the molecule is CC[C@@H](c1ccccc1)[C@@H](Cl)C(=O)N1C(=O)O[C@H]2O[C@H](COC(=O)C(C)(C)C)[C@@H](OC(=O)C(C)(C)C)[C@H](OC(=O)C(C)(C)C)[C@H]21. The van der Waals surface area contributed by atoms with Crippen LogP contribution in [0.5, 0.6) is 0 Å². The molecule has 0 aromatic heterocycles. The molecule has 0 aliphatic carbocycles. The summed E-state index contributed by atoms with van der Waals surface area (Å²) in [7, 11) is 0. The van der Waals surface area contributed by atoms with E-state index < -0.39 is 94.7 Å². The molecule has 2 aliphatic heterocycles. The Morgan fingerprint density at radius 3 is 1.84 bits per heavy atom. The zero-order valence-corrected chi connectivity index (χ0v) is 28.5. The van der Waals surface area contributed by atoms with Crippen LogP contribution < -0.4 is 0 Å². The number of hydrogen-bond acceptors (Lipinski definition) is 10. The first-order chi connectivity index (χ1) is 20.7. The molecule has 0 bridgehead atoms. The number of fused-ring (bicyclic) bond motifs is 1. The number of hydrogen-bond donors (Lipinski definition) is 0. The highest BCUT2D eigenvalue weighted by Gasteiger charge is 2.62. The van der Waals surface area contributed by atoms with Gasteiger partial charge in [0.1, 0.15) is 24.1 Å². The average Bonchev–Trinajstić information content (AvgIpc) is 3.26. The van der Waals surface area contributed by atoms with Gasteiger partial charge in [-0.1, -0.05) is 37.3 Å². The van der Waals surface area contributed by atoms with Crippen LogP contribution in [-0.2, 0) is 42.9 Å². The number of nitrogens with zero attached hydrogens (tertiary/aromatic N) is 1. The normalized spacial score (nSPS) is 25.0. The number of rotatable bonds is 8. The fraction of sp³-hybridized carbons (Fsp3) is 0.667. The summed E-state index contributed by atoms with van der Waals surface area (Å²) in [5.41, 5.74) is -2.08. The predicted octanol–water partition coefficient (Wildman–Crippen LogP) is 5.37. The molecule has 0 unspecified atom stereocenters. The molecule has 0 radical (unpaired) electrons. The highest BCUT2D eigenvalue weighted by atomic mass is 35.5. The van der Waals surface area contributed by atoms with E-state index >= 15 is 0 Å². The van der Waals surface area contributed by atoms with Crippen molar-refractivity contribution in [3.05, 3.63) is 35.9 Å². The summed E-state index contributed by atoms with van der Waals surface area (Å²) in [6, 6.07) is 7.80. The van der Waals surface area contributed by atoms with Crippen LogP contribution >= 0.6 is 11.6 Å². The molecule has 12 heteroatoms. The van der Waals surface area contributed by atoms with Gasteiger partial charge in [0.15, 0.2) is 12.2 Å². The van der Waals surface area contributed by atoms with E-state index in [4.69, 9.17) is 35.3 Å². The fourth-order valence-electron chi connectivity index (χ4n) is 4.78. The second-order valence-corrected chi connectivity index (χ2v) is 15.0. The van der Waals surface area contributed by atoms with Gasteiger partial charge in [-0.15, -0.1) is 11.6 Å². The third-order valence-electron chi connectivity index (χ3n) is 7.52. The summed E-state index contributed by atoms with van der Waals surface area (Å²) >= 11 is 6.78. The van der Waals surface area contributed by atoms with Gasteiger partial charge < -0.3 is 23.7 Å². The number of carbonyl (C=O) groups is 5. The van der Waals surface area contributed by atoms with Gasteiger partial charge >= 0.3 is 24.0 Å². The standard InChI is InChI=1S/C33H46ClNO10/c1-11-19(18-15-13-12-14-16-18)21(34)25(36)35-22-24(44-29(39)33(8,9)10)23(43-28(38)32(5,6)7)20(42-26(22)45-30(35)40)17-41-27(37)31(2,3)4/h12-16,19-24,26H,11,17H2,1-10H3/t19-,20+,21+,22+,23+,24+,26+/m0/s1. The Labute approximate surface area is 270 Å². The molecule has 7 atom stereocenters. The van der Waals surface area contributed by atoms with Gasteiger partial charge in [-0.05, 0) is 74.3 Å². The van der Waals surface area contributed by atoms with E-state index in [9.17, 15) is 24.0 Å². The number of benzene rings is 1. The first kappa shape index (κ1) is 36.3. The molecular formula is C33H46ClNO10. The first-order valence-electron chi connectivity index (χ1n) is 15.2. The van der Waals surface area contributed by atoms with E-state index in [-0.39, 0.29) is 0 Å². The lowest BCUT2D eigenvalue weighted by atomic mass is 9.90.